The Kier molecular flexibility index (Phi) is 4.25. The topological polar surface area (TPSA) is 60.8 Å². The number of benzene rings is 2. The maximum atomic E-state index is 11.7. The lowest BCUT2D eigenvalue weighted by Crippen LogP contribution is -2.27. The zero-order valence-electron chi connectivity index (χ0n) is 11.3. The van der Waals surface area contributed by atoms with Crippen LogP contribution >= 0.6 is 0 Å². The monoisotopic (exact) mass is 271 g/mol. The third-order valence-electron chi connectivity index (χ3n) is 3.15. The molecule has 0 aromatic heterocycles. The molecule has 0 radical (unpaired) electrons. The average molecular weight is 271 g/mol. The fourth-order valence-corrected chi connectivity index (χ4v) is 1.98. The lowest BCUT2D eigenvalue weighted by atomic mass is 10.1. The molecular formula is C16H17NO3. The standard InChI is InChI=1S/C16H17NO3/c1-12(18)17(10-13-6-2-4-8-15(13)19)11-14-7-3-5-9-16(14)20/h2-9,19-20H,10-11H2,1H3. The zero-order chi connectivity index (χ0) is 14.5. The van der Waals surface area contributed by atoms with E-state index in [1.165, 1.54) is 6.92 Å². The number of hydrogen-bond donors (Lipinski definition) is 2. The van der Waals surface area contributed by atoms with Gasteiger partial charge in [-0.05, 0) is 12.1 Å². The van der Waals surface area contributed by atoms with Crippen molar-refractivity contribution in [1.29, 1.82) is 0 Å². The molecule has 0 unspecified atom stereocenters. The third-order valence-corrected chi connectivity index (χ3v) is 3.15. The highest BCUT2D eigenvalue weighted by Gasteiger charge is 2.13. The summed E-state index contributed by atoms with van der Waals surface area (Å²) in [6.45, 7) is 2.08. The van der Waals surface area contributed by atoms with Crippen LogP contribution in [-0.2, 0) is 17.9 Å². The maximum Gasteiger partial charge on any atom is 0.220 e. The Morgan fingerprint density at radius 3 is 1.65 bits per heavy atom. The first-order valence-corrected chi connectivity index (χ1v) is 6.37. The van der Waals surface area contributed by atoms with E-state index in [0.29, 0.717) is 24.2 Å². The number of aromatic hydroxyl groups is 2. The first-order chi connectivity index (χ1) is 9.58. The lowest BCUT2D eigenvalue weighted by molar-refractivity contribution is -0.130. The number of amides is 1. The summed E-state index contributed by atoms with van der Waals surface area (Å²) < 4.78 is 0. The van der Waals surface area contributed by atoms with Crippen LogP contribution in [0.3, 0.4) is 0 Å². The number of hydrogen-bond acceptors (Lipinski definition) is 3. The van der Waals surface area contributed by atoms with Gasteiger partial charge in [0.2, 0.25) is 5.91 Å². The summed E-state index contributed by atoms with van der Waals surface area (Å²) in [6.07, 6.45) is 0. The van der Waals surface area contributed by atoms with Gasteiger partial charge in [-0.25, -0.2) is 0 Å². The SMILES string of the molecule is CC(=O)N(Cc1ccccc1O)Cc1ccccc1O. The predicted octanol–water partition coefficient (Wildman–Crippen LogP) is 2.65. The van der Waals surface area contributed by atoms with Gasteiger partial charge < -0.3 is 15.1 Å². The summed E-state index contributed by atoms with van der Waals surface area (Å²) in [5.41, 5.74) is 1.36. The Labute approximate surface area is 117 Å². The van der Waals surface area contributed by atoms with Crippen molar-refractivity contribution in [3.05, 3.63) is 59.7 Å². The summed E-state index contributed by atoms with van der Waals surface area (Å²) in [7, 11) is 0. The van der Waals surface area contributed by atoms with Crippen molar-refractivity contribution >= 4 is 5.91 Å². The van der Waals surface area contributed by atoms with Crippen molar-refractivity contribution in [3.8, 4) is 11.5 Å². The number of phenolic OH excluding ortho intramolecular Hbond substituents is 2. The quantitative estimate of drug-likeness (QED) is 0.898. The number of nitrogens with zero attached hydrogens (tertiary/aromatic N) is 1. The van der Waals surface area contributed by atoms with Gasteiger partial charge in [0.1, 0.15) is 11.5 Å². The molecule has 1 amide bonds. The van der Waals surface area contributed by atoms with Crippen LogP contribution in [0.2, 0.25) is 0 Å². The van der Waals surface area contributed by atoms with Crippen LogP contribution in [0.5, 0.6) is 11.5 Å². The molecule has 2 aromatic carbocycles. The molecule has 2 N–H and O–H groups in total. The fourth-order valence-electron chi connectivity index (χ4n) is 1.98. The first-order valence-electron chi connectivity index (χ1n) is 6.37. The van der Waals surface area contributed by atoms with Crippen LogP contribution in [0.4, 0.5) is 0 Å². The lowest BCUT2D eigenvalue weighted by Gasteiger charge is -2.22. The van der Waals surface area contributed by atoms with E-state index < -0.39 is 0 Å². The largest absolute Gasteiger partial charge is 0.508 e. The van der Waals surface area contributed by atoms with Gasteiger partial charge in [-0.1, -0.05) is 36.4 Å². The molecule has 104 valence electrons. The molecule has 2 rings (SSSR count). The van der Waals surface area contributed by atoms with Crippen LogP contribution in [0.25, 0.3) is 0 Å². The maximum absolute atomic E-state index is 11.7. The van der Waals surface area contributed by atoms with E-state index >= 15 is 0 Å². The fraction of sp³-hybridized carbons (Fsp3) is 0.188. The van der Waals surface area contributed by atoms with Gasteiger partial charge in [-0.3, -0.25) is 4.79 Å². The molecule has 0 saturated heterocycles. The summed E-state index contributed by atoms with van der Waals surface area (Å²) in [5, 5.41) is 19.5. The van der Waals surface area contributed by atoms with E-state index in [-0.39, 0.29) is 17.4 Å². The highest BCUT2D eigenvalue weighted by Crippen LogP contribution is 2.22. The van der Waals surface area contributed by atoms with Crippen molar-refractivity contribution in [3.63, 3.8) is 0 Å². The van der Waals surface area contributed by atoms with Gasteiger partial charge in [0.25, 0.3) is 0 Å². The second-order valence-corrected chi connectivity index (χ2v) is 4.63. The Bertz CT molecular complexity index is 563. The van der Waals surface area contributed by atoms with E-state index in [0.717, 1.165) is 0 Å². The smallest absolute Gasteiger partial charge is 0.220 e. The molecule has 2 aromatic rings. The molecule has 4 heteroatoms. The van der Waals surface area contributed by atoms with E-state index in [9.17, 15) is 15.0 Å². The number of rotatable bonds is 4. The average Bonchev–Trinajstić information content (AvgIpc) is 2.42. The summed E-state index contributed by atoms with van der Waals surface area (Å²) in [5.74, 6) is 0.212. The number of carbonyl (C=O) groups excluding carboxylic acids is 1. The predicted molar refractivity (Wildman–Crippen MR) is 76.1 cm³/mol. The van der Waals surface area contributed by atoms with E-state index in [2.05, 4.69) is 0 Å². The van der Waals surface area contributed by atoms with Crippen molar-refractivity contribution in [2.75, 3.05) is 0 Å². The molecule has 4 nitrogen and oxygen atoms in total. The van der Waals surface area contributed by atoms with Crippen LogP contribution in [0.1, 0.15) is 18.1 Å². The molecule has 0 saturated carbocycles. The molecular weight excluding hydrogens is 254 g/mol. The van der Waals surface area contributed by atoms with Crippen molar-refractivity contribution in [2.45, 2.75) is 20.0 Å². The minimum absolute atomic E-state index is 0.114. The molecule has 0 atom stereocenters. The van der Waals surface area contributed by atoms with E-state index in [1.807, 2.05) is 12.1 Å². The van der Waals surface area contributed by atoms with Crippen LogP contribution in [0.15, 0.2) is 48.5 Å². The second kappa shape index (κ2) is 6.10. The van der Waals surface area contributed by atoms with Gasteiger partial charge in [0.15, 0.2) is 0 Å². The van der Waals surface area contributed by atoms with Crippen molar-refractivity contribution in [2.24, 2.45) is 0 Å². The van der Waals surface area contributed by atoms with Crippen LogP contribution in [0, 0.1) is 0 Å². The Balaban J connectivity index is 2.19. The molecule has 0 aliphatic heterocycles. The molecule has 0 aliphatic rings. The third kappa shape index (κ3) is 3.29. The molecule has 20 heavy (non-hydrogen) atoms. The van der Waals surface area contributed by atoms with Crippen molar-refractivity contribution < 1.29 is 15.0 Å². The van der Waals surface area contributed by atoms with Gasteiger partial charge >= 0.3 is 0 Å². The van der Waals surface area contributed by atoms with Crippen molar-refractivity contribution in [1.82, 2.24) is 4.90 Å². The van der Waals surface area contributed by atoms with E-state index in [4.69, 9.17) is 0 Å². The molecule has 0 spiro atoms. The number of para-hydroxylation sites is 2. The molecule has 0 bridgehead atoms. The highest BCUT2D eigenvalue weighted by atomic mass is 16.3. The molecule has 0 heterocycles. The Morgan fingerprint density at radius 1 is 0.900 bits per heavy atom. The number of carbonyl (C=O) groups is 1. The molecule has 0 fully saturated rings. The van der Waals surface area contributed by atoms with E-state index in [1.54, 1.807) is 41.3 Å². The van der Waals surface area contributed by atoms with Gasteiger partial charge in [-0.2, -0.15) is 0 Å². The van der Waals surface area contributed by atoms with Gasteiger partial charge in [0, 0.05) is 31.1 Å². The highest BCUT2D eigenvalue weighted by molar-refractivity contribution is 5.73. The summed E-state index contributed by atoms with van der Waals surface area (Å²) in [6, 6.07) is 13.8. The molecule has 0 aliphatic carbocycles. The van der Waals surface area contributed by atoms with Gasteiger partial charge in [-0.15, -0.1) is 0 Å². The first kappa shape index (κ1) is 13.9. The summed E-state index contributed by atoms with van der Waals surface area (Å²) >= 11 is 0. The zero-order valence-corrected chi connectivity index (χ0v) is 11.3. The minimum Gasteiger partial charge on any atom is -0.508 e. The Hall–Kier alpha value is -2.49. The summed E-state index contributed by atoms with van der Waals surface area (Å²) in [4.78, 5) is 13.3. The van der Waals surface area contributed by atoms with Crippen LogP contribution in [-0.4, -0.2) is 21.0 Å². The normalized spacial score (nSPS) is 10.2. The minimum atomic E-state index is -0.114. The Morgan fingerprint density at radius 2 is 1.30 bits per heavy atom. The number of phenols is 2. The van der Waals surface area contributed by atoms with Crippen LogP contribution < -0.4 is 0 Å². The second-order valence-electron chi connectivity index (χ2n) is 4.63. The van der Waals surface area contributed by atoms with Gasteiger partial charge in [0.05, 0.1) is 0 Å².